The van der Waals surface area contributed by atoms with Crippen molar-refractivity contribution < 1.29 is 8.78 Å². The van der Waals surface area contributed by atoms with Crippen molar-refractivity contribution in [3.05, 3.63) is 34.4 Å². The smallest absolute Gasteiger partial charge is 0.146 e. The van der Waals surface area contributed by atoms with Crippen molar-refractivity contribution in [1.29, 1.82) is 0 Å². The summed E-state index contributed by atoms with van der Waals surface area (Å²) >= 11 is 8.50. The Hall–Kier alpha value is -0.590. The van der Waals surface area contributed by atoms with Crippen molar-refractivity contribution in [2.24, 2.45) is 0 Å². The molecule has 0 saturated carbocycles. The van der Waals surface area contributed by atoms with E-state index in [1.54, 1.807) is 0 Å². The predicted octanol–water partition coefficient (Wildman–Crippen LogP) is 3.75. The molecule has 1 aromatic rings. The first-order valence-electron chi connectivity index (χ1n) is 3.84. The quantitative estimate of drug-likeness (QED) is 0.417. The van der Waals surface area contributed by atoms with E-state index in [1.807, 2.05) is 0 Å². The second-order valence-electron chi connectivity index (χ2n) is 2.49. The van der Waals surface area contributed by atoms with Crippen LogP contribution in [0.2, 0.25) is 5.02 Å². The van der Waals surface area contributed by atoms with E-state index in [2.05, 4.69) is 27.8 Å². The predicted molar refractivity (Wildman–Crippen MR) is 56.7 cm³/mol. The Morgan fingerprint density at radius 3 is 2.36 bits per heavy atom. The molecule has 74 valence electrons. The number of rotatable bonds is 1. The molecule has 0 aliphatic carbocycles. The molecule has 14 heavy (non-hydrogen) atoms. The van der Waals surface area contributed by atoms with Gasteiger partial charge in [0.25, 0.3) is 0 Å². The van der Waals surface area contributed by atoms with Gasteiger partial charge in [-0.3, -0.25) is 0 Å². The van der Waals surface area contributed by atoms with Crippen LogP contribution in [0, 0.1) is 23.5 Å². The third-order valence-corrected chi connectivity index (χ3v) is 2.19. The molecule has 0 aliphatic rings. The molecule has 0 fully saturated rings. The van der Waals surface area contributed by atoms with E-state index in [9.17, 15) is 8.78 Å². The van der Waals surface area contributed by atoms with E-state index in [0.29, 0.717) is 12.0 Å². The Balaban J connectivity index is 2.97. The highest BCUT2D eigenvalue weighted by atomic mass is 79.9. The molecule has 0 aromatic heterocycles. The van der Waals surface area contributed by atoms with Crippen LogP contribution in [0.3, 0.4) is 0 Å². The summed E-state index contributed by atoms with van der Waals surface area (Å²) in [5.41, 5.74) is 0.297. The van der Waals surface area contributed by atoms with Crippen molar-refractivity contribution in [2.45, 2.75) is 6.42 Å². The fourth-order valence-electron chi connectivity index (χ4n) is 0.839. The van der Waals surface area contributed by atoms with Crippen LogP contribution in [0.25, 0.3) is 0 Å². The molecule has 0 nitrogen and oxygen atoms in total. The van der Waals surface area contributed by atoms with Crippen LogP contribution < -0.4 is 0 Å². The molecule has 1 aromatic carbocycles. The van der Waals surface area contributed by atoms with Crippen LogP contribution in [-0.2, 0) is 0 Å². The van der Waals surface area contributed by atoms with Gasteiger partial charge in [-0.2, -0.15) is 0 Å². The summed E-state index contributed by atoms with van der Waals surface area (Å²) in [6.07, 6.45) is 0.631. The molecule has 4 heteroatoms. The van der Waals surface area contributed by atoms with Gasteiger partial charge in [0.15, 0.2) is 0 Å². The van der Waals surface area contributed by atoms with Crippen molar-refractivity contribution in [1.82, 2.24) is 0 Å². The largest absolute Gasteiger partial charge is 0.205 e. The maximum atomic E-state index is 12.9. The van der Waals surface area contributed by atoms with E-state index in [-0.39, 0.29) is 0 Å². The molecule has 0 spiro atoms. The van der Waals surface area contributed by atoms with Crippen LogP contribution in [0.15, 0.2) is 12.1 Å². The van der Waals surface area contributed by atoms with Crippen LogP contribution in [-0.4, -0.2) is 5.33 Å². The highest BCUT2D eigenvalue weighted by Crippen LogP contribution is 2.19. The fourth-order valence-corrected chi connectivity index (χ4v) is 1.15. The van der Waals surface area contributed by atoms with Crippen molar-refractivity contribution in [3.63, 3.8) is 0 Å². The Morgan fingerprint density at radius 1 is 1.29 bits per heavy atom. The summed E-state index contributed by atoms with van der Waals surface area (Å²) in [5.74, 6) is 3.82. The second kappa shape index (κ2) is 5.33. The topological polar surface area (TPSA) is 0 Å². The van der Waals surface area contributed by atoms with Gasteiger partial charge in [0.05, 0.1) is 0 Å². The molecular weight excluding hydrogens is 273 g/mol. The number of hydrogen-bond acceptors (Lipinski definition) is 0. The van der Waals surface area contributed by atoms with Crippen molar-refractivity contribution in [3.8, 4) is 11.8 Å². The molecule has 0 N–H and O–H groups in total. The molecule has 0 unspecified atom stereocenters. The lowest BCUT2D eigenvalue weighted by atomic mass is 10.2. The summed E-state index contributed by atoms with van der Waals surface area (Å²) in [6.45, 7) is 0. The maximum absolute atomic E-state index is 12.9. The monoisotopic (exact) mass is 278 g/mol. The van der Waals surface area contributed by atoms with Gasteiger partial charge in [-0.15, -0.1) is 0 Å². The number of halogens is 4. The molecule has 1 rings (SSSR count). The minimum Gasteiger partial charge on any atom is -0.205 e. The zero-order valence-electron chi connectivity index (χ0n) is 7.08. The molecule has 0 atom stereocenters. The zero-order valence-corrected chi connectivity index (χ0v) is 9.42. The van der Waals surface area contributed by atoms with Gasteiger partial charge in [0.2, 0.25) is 0 Å². The van der Waals surface area contributed by atoms with E-state index >= 15 is 0 Å². The summed E-state index contributed by atoms with van der Waals surface area (Å²) in [5, 5.41) is 0.245. The van der Waals surface area contributed by atoms with E-state index in [0.717, 1.165) is 17.5 Å². The van der Waals surface area contributed by atoms with Crippen LogP contribution in [0.5, 0.6) is 0 Å². The van der Waals surface area contributed by atoms with Crippen molar-refractivity contribution in [2.75, 3.05) is 5.33 Å². The highest BCUT2D eigenvalue weighted by Gasteiger charge is 2.06. The van der Waals surface area contributed by atoms with Gasteiger partial charge in [0, 0.05) is 17.3 Å². The third kappa shape index (κ3) is 2.97. The maximum Gasteiger partial charge on any atom is 0.146 e. The first kappa shape index (κ1) is 11.5. The van der Waals surface area contributed by atoms with E-state index < -0.39 is 16.7 Å². The van der Waals surface area contributed by atoms with Gasteiger partial charge >= 0.3 is 0 Å². The molecule has 0 aliphatic heterocycles. The standard InChI is InChI=1S/C10H6BrClF2/c11-4-2-1-3-7-5-8(13)10(12)9(14)6-7/h5-6H,2,4H2. The van der Waals surface area contributed by atoms with Crippen LogP contribution in [0.1, 0.15) is 12.0 Å². The summed E-state index contributed by atoms with van der Waals surface area (Å²) in [7, 11) is 0. The Morgan fingerprint density at radius 2 is 1.86 bits per heavy atom. The first-order valence-corrected chi connectivity index (χ1v) is 5.34. The van der Waals surface area contributed by atoms with Gasteiger partial charge < -0.3 is 0 Å². The average Bonchev–Trinajstić information content (AvgIpc) is 2.14. The molecule has 0 saturated heterocycles. The fraction of sp³-hybridized carbons (Fsp3) is 0.200. The highest BCUT2D eigenvalue weighted by molar-refractivity contribution is 9.09. The van der Waals surface area contributed by atoms with Gasteiger partial charge in [-0.1, -0.05) is 39.4 Å². The van der Waals surface area contributed by atoms with E-state index in [1.165, 1.54) is 0 Å². The first-order chi connectivity index (χ1) is 6.65. The third-order valence-electron chi connectivity index (χ3n) is 1.44. The normalized spacial score (nSPS) is 9.43. The molecule has 0 bridgehead atoms. The average molecular weight is 280 g/mol. The number of hydrogen-bond donors (Lipinski definition) is 0. The molecular formula is C10H6BrClF2. The lowest BCUT2D eigenvalue weighted by Crippen LogP contribution is -1.86. The molecule has 0 amide bonds. The summed E-state index contributed by atoms with van der Waals surface area (Å²) in [6, 6.07) is 2.24. The Kier molecular flexibility index (Phi) is 4.37. The molecule has 0 heterocycles. The summed E-state index contributed by atoms with van der Waals surface area (Å²) in [4.78, 5) is 0. The Bertz CT molecular complexity index is 370. The van der Waals surface area contributed by atoms with Gasteiger partial charge in [0.1, 0.15) is 16.7 Å². The minimum absolute atomic E-state index is 0.297. The lowest BCUT2D eigenvalue weighted by Gasteiger charge is -1.96. The van der Waals surface area contributed by atoms with E-state index in [4.69, 9.17) is 11.6 Å². The number of benzene rings is 1. The van der Waals surface area contributed by atoms with Crippen LogP contribution >= 0.6 is 27.5 Å². The SMILES string of the molecule is Fc1cc(C#CCCBr)cc(F)c1Cl. The second-order valence-corrected chi connectivity index (χ2v) is 3.67. The minimum atomic E-state index is -0.783. The summed E-state index contributed by atoms with van der Waals surface area (Å²) < 4.78 is 25.8. The number of alkyl halides is 1. The molecule has 0 radical (unpaired) electrons. The lowest BCUT2D eigenvalue weighted by molar-refractivity contribution is 0.583. The van der Waals surface area contributed by atoms with Gasteiger partial charge in [-0.25, -0.2) is 8.78 Å². The van der Waals surface area contributed by atoms with Gasteiger partial charge in [-0.05, 0) is 12.1 Å². The Labute approximate surface area is 94.4 Å². The zero-order chi connectivity index (χ0) is 10.6. The van der Waals surface area contributed by atoms with Crippen molar-refractivity contribution >= 4 is 27.5 Å². The van der Waals surface area contributed by atoms with Crippen LogP contribution in [0.4, 0.5) is 8.78 Å².